The number of hydrogen-bond donors (Lipinski definition) is 0. The van der Waals surface area contributed by atoms with Gasteiger partial charge in [0.15, 0.2) is 0 Å². The van der Waals surface area contributed by atoms with Crippen LogP contribution in [-0.4, -0.2) is 23.6 Å². The number of esters is 1. The van der Waals surface area contributed by atoms with Crippen molar-refractivity contribution in [2.45, 2.75) is 6.92 Å². The summed E-state index contributed by atoms with van der Waals surface area (Å²) in [5.74, 6) is -0.652. The molecule has 0 fully saturated rings. The standard InChI is InChI=1S/C6H8N2O2/c1-3-4-5(8-7)6(9)10-2/h3-4H,1-2H3. The van der Waals surface area contributed by atoms with Crippen molar-refractivity contribution in [3.63, 3.8) is 0 Å². The zero-order valence-electron chi connectivity index (χ0n) is 5.87. The van der Waals surface area contributed by atoms with E-state index in [0.29, 0.717) is 0 Å². The quantitative estimate of drug-likeness (QED) is 0.241. The molecule has 4 nitrogen and oxygen atoms in total. The van der Waals surface area contributed by atoms with Crippen molar-refractivity contribution < 1.29 is 14.3 Å². The first-order valence-electron chi connectivity index (χ1n) is 2.69. The highest BCUT2D eigenvalue weighted by Crippen LogP contribution is 1.80. The minimum absolute atomic E-state index is 0.106. The molecule has 0 saturated carbocycles. The molecule has 0 aliphatic carbocycles. The van der Waals surface area contributed by atoms with Gasteiger partial charge in [-0.2, -0.15) is 4.79 Å². The van der Waals surface area contributed by atoms with Gasteiger partial charge in [-0.05, 0) is 6.92 Å². The highest BCUT2D eigenvalue weighted by molar-refractivity contribution is 6.38. The molecule has 0 spiro atoms. The van der Waals surface area contributed by atoms with E-state index in [1.54, 1.807) is 13.0 Å². The van der Waals surface area contributed by atoms with E-state index < -0.39 is 5.97 Å². The van der Waals surface area contributed by atoms with Crippen LogP contribution in [0.3, 0.4) is 0 Å². The number of rotatable bonds is 2. The minimum atomic E-state index is -0.652. The first kappa shape index (κ1) is 8.59. The maximum absolute atomic E-state index is 10.6. The van der Waals surface area contributed by atoms with Gasteiger partial charge < -0.3 is 10.3 Å². The summed E-state index contributed by atoms with van der Waals surface area (Å²) in [4.78, 5) is 13.3. The van der Waals surface area contributed by atoms with Gasteiger partial charge in [-0.25, -0.2) is 4.79 Å². The molecule has 0 N–H and O–H groups in total. The van der Waals surface area contributed by atoms with E-state index in [4.69, 9.17) is 5.53 Å². The van der Waals surface area contributed by atoms with Crippen molar-refractivity contribution in [3.8, 4) is 0 Å². The molecule has 0 radical (unpaired) electrons. The number of methoxy groups -OCH3 is 1. The maximum Gasteiger partial charge on any atom is 0.421 e. The zero-order valence-corrected chi connectivity index (χ0v) is 5.87. The van der Waals surface area contributed by atoms with Crippen LogP contribution < -0.4 is 0 Å². The third-order valence-corrected chi connectivity index (χ3v) is 0.827. The summed E-state index contributed by atoms with van der Waals surface area (Å²) < 4.78 is 4.27. The van der Waals surface area contributed by atoms with Gasteiger partial charge in [-0.3, -0.25) is 0 Å². The molecule has 0 rings (SSSR count). The lowest BCUT2D eigenvalue weighted by atomic mass is 10.3. The van der Waals surface area contributed by atoms with Gasteiger partial charge in [0, 0.05) is 6.08 Å². The number of hydrogen-bond acceptors (Lipinski definition) is 2. The Balaban J connectivity index is 4.39. The Labute approximate surface area is 58.7 Å². The zero-order chi connectivity index (χ0) is 7.98. The van der Waals surface area contributed by atoms with Crippen LogP contribution in [-0.2, 0) is 9.53 Å². The van der Waals surface area contributed by atoms with Gasteiger partial charge in [0.25, 0.3) is 0 Å². The molecule has 0 unspecified atom stereocenters. The van der Waals surface area contributed by atoms with Gasteiger partial charge in [-0.1, -0.05) is 6.08 Å². The van der Waals surface area contributed by atoms with Gasteiger partial charge in [-0.15, -0.1) is 0 Å². The first-order chi connectivity index (χ1) is 4.76. The Hall–Kier alpha value is -1.41. The molecule has 0 bridgehead atoms. The summed E-state index contributed by atoms with van der Waals surface area (Å²) in [7, 11) is 1.22. The van der Waals surface area contributed by atoms with Gasteiger partial charge in [0.1, 0.15) is 0 Å². The second kappa shape index (κ2) is 4.47. The summed E-state index contributed by atoms with van der Waals surface area (Å²) in [6, 6.07) is 0. The largest absolute Gasteiger partial charge is 0.460 e. The van der Waals surface area contributed by atoms with E-state index in [1.807, 2.05) is 0 Å². The molecule has 0 aliphatic rings. The van der Waals surface area contributed by atoms with Crippen LogP contribution in [0.4, 0.5) is 0 Å². The van der Waals surface area contributed by atoms with Crippen molar-refractivity contribution in [2.75, 3.05) is 7.11 Å². The molecule has 0 saturated heterocycles. The average Bonchev–Trinajstić information content (AvgIpc) is 1.99. The molecule has 10 heavy (non-hydrogen) atoms. The molecular formula is C6H8N2O2. The van der Waals surface area contributed by atoms with E-state index in [1.165, 1.54) is 13.2 Å². The van der Waals surface area contributed by atoms with Gasteiger partial charge in [0.05, 0.1) is 7.11 Å². The third kappa shape index (κ3) is 2.24. The van der Waals surface area contributed by atoms with Crippen LogP contribution >= 0.6 is 0 Å². The average molecular weight is 140 g/mol. The highest BCUT2D eigenvalue weighted by atomic mass is 16.5. The van der Waals surface area contributed by atoms with Crippen LogP contribution in [0.2, 0.25) is 0 Å². The van der Waals surface area contributed by atoms with E-state index >= 15 is 0 Å². The molecule has 54 valence electrons. The number of carbonyl (C=O) groups excluding carboxylic acids is 1. The normalized spacial score (nSPS) is 9.00. The Morgan fingerprint density at radius 3 is 2.60 bits per heavy atom. The smallest absolute Gasteiger partial charge is 0.421 e. The lowest BCUT2D eigenvalue weighted by Crippen LogP contribution is -2.13. The Morgan fingerprint density at radius 1 is 1.70 bits per heavy atom. The molecule has 0 amide bonds. The summed E-state index contributed by atoms with van der Waals surface area (Å²) in [6.45, 7) is 1.70. The fraction of sp³-hybridized carbons (Fsp3) is 0.333. The van der Waals surface area contributed by atoms with Crippen molar-refractivity contribution in [3.05, 3.63) is 17.7 Å². The monoisotopic (exact) mass is 140 g/mol. The summed E-state index contributed by atoms with van der Waals surface area (Å²) in [6.07, 6.45) is 2.93. The lowest BCUT2D eigenvalue weighted by molar-refractivity contribution is -0.137. The van der Waals surface area contributed by atoms with Crippen LogP contribution in [0.25, 0.3) is 5.53 Å². The summed E-state index contributed by atoms with van der Waals surface area (Å²) in [5.41, 5.74) is 8.09. The van der Waals surface area contributed by atoms with Crippen molar-refractivity contribution in [2.24, 2.45) is 0 Å². The van der Waals surface area contributed by atoms with Crippen LogP contribution in [0.15, 0.2) is 12.2 Å². The molecule has 0 aromatic rings. The molecule has 4 heteroatoms. The number of allylic oxidation sites excluding steroid dienone is 1. The topological polar surface area (TPSA) is 62.7 Å². The predicted molar refractivity (Wildman–Crippen MR) is 35.5 cm³/mol. The Bertz CT molecular complexity index is 202. The first-order valence-corrected chi connectivity index (χ1v) is 2.69. The summed E-state index contributed by atoms with van der Waals surface area (Å²) in [5, 5.41) is 0. The van der Waals surface area contributed by atoms with Crippen LogP contribution in [0.5, 0.6) is 0 Å². The fourth-order valence-electron chi connectivity index (χ4n) is 0.405. The van der Waals surface area contributed by atoms with Gasteiger partial charge >= 0.3 is 11.7 Å². The minimum Gasteiger partial charge on any atom is -0.460 e. The number of nitrogens with zero attached hydrogens (tertiary/aromatic N) is 2. The van der Waals surface area contributed by atoms with E-state index in [0.717, 1.165) is 0 Å². The number of carbonyl (C=O) groups is 1. The van der Waals surface area contributed by atoms with E-state index in [2.05, 4.69) is 9.53 Å². The lowest BCUT2D eigenvalue weighted by Gasteiger charge is -1.85. The van der Waals surface area contributed by atoms with Crippen molar-refractivity contribution in [1.29, 1.82) is 0 Å². The molecule has 0 aromatic heterocycles. The van der Waals surface area contributed by atoms with Crippen molar-refractivity contribution >= 4 is 11.7 Å². The molecule has 0 aromatic carbocycles. The summed E-state index contributed by atoms with van der Waals surface area (Å²) >= 11 is 0. The molecule has 0 aliphatic heterocycles. The maximum atomic E-state index is 10.6. The SMILES string of the molecule is CC=CC(=[N+]=[N-])C(=O)OC. The third-order valence-electron chi connectivity index (χ3n) is 0.827. The second-order valence-electron chi connectivity index (χ2n) is 1.48. The second-order valence-corrected chi connectivity index (χ2v) is 1.48. The van der Waals surface area contributed by atoms with Gasteiger partial charge in [0.2, 0.25) is 0 Å². The Kier molecular flexibility index (Phi) is 3.84. The fourth-order valence-corrected chi connectivity index (χ4v) is 0.405. The number of ether oxygens (including phenoxy) is 1. The van der Waals surface area contributed by atoms with Crippen LogP contribution in [0.1, 0.15) is 6.92 Å². The predicted octanol–water partition coefficient (Wildman–Crippen LogP) is 0.406. The molecular weight excluding hydrogens is 132 g/mol. The Morgan fingerprint density at radius 2 is 2.30 bits per heavy atom. The van der Waals surface area contributed by atoms with E-state index in [-0.39, 0.29) is 5.71 Å². The highest BCUT2D eigenvalue weighted by Gasteiger charge is 2.15. The van der Waals surface area contributed by atoms with Crippen LogP contribution in [0, 0.1) is 0 Å². The molecule has 0 atom stereocenters. The molecule has 0 heterocycles. The van der Waals surface area contributed by atoms with Crippen molar-refractivity contribution in [1.82, 2.24) is 0 Å². The van der Waals surface area contributed by atoms with E-state index in [9.17, 15) is 4.79 Å².